The zero-order valence-electron chi connectivity index (χ0n) is 15.5. The molecule has 0 saturated carbocycles. The molecule has 0 aliphatic carbocycles. The lowest BCUT2D eigenvalue weighted by molar-refractivity contribution is -0.137. The zero-order chi connectivity index (χ0) is 21.4. The Bertz CT molecular complexity index is 1210. The first-order valence-corrected chi connectivity index (χ1v) is 10.1. The van der Waals surface area contributed by atoms with E-state index in [0.717, 1.165) is 12.1 Å². The Morgan fingerprint density at radius 1 is 1.24 bits per heavy atom. The molecule has 29 heavy (non-hydrogen) atoms. The highest BCUT2D eigenvalue weighted by atomic mass is 32.2. The van der Waals surface area contributed by atoms with E-state index < -0.39 is 27.8 Å². The van der Waals surface area contributed by atoms with Gasteiger partial charge in [0.05, 0.1) is 34.1 Å². The molecule has 0 fully saturated rings. The third-order valence-electron chi connectivity index (χ3n) is 4.40. The number of hydrogen-bond donors (Lipinski definition) is 1. The van der Waals surface area contributed by atoms with Gasteiger partial charge in [0.25, 0.3) is 0 Å². The smallest absolute Gasteiger partial charge is 0.327 e. The molecule has 0 aliphatic rings. The highest BCUT2D eigenvalue weighted by molar-refractivity contribution is 7.89. The fourth-order valence-electron chi connectivity index (χ4n) is 3.05. The number of benzene rings is 2. The molecule has 0 radical (unpaired) electrons. The second-order valence-corrected chi connectivity index (χ2v) is 8.08. The van der Waals surface area contributed by atoms with Crippen LogP contribution < -0.4 is 4.72 Å². The minimum Gasteiger partial charge on any atom is -0.327 e. The minimum absolute atomic E-state index is 0.0728. The van der Waals surface area contributed by atoms with Gasteiger partial charge in [-0.25, -0.2) is 23.0 Å². The summed E-state index contributed by atoms with van der Waals surface area (Å²) in [6, 6.07) is 7.99. The summed E-state index contributed by atoms with van der Waals surface area (Å²) >= 11 is 0. The Morgan fingerprint density at radius 2 is 1.97 bits per heavy atom. The molecule has 1 heterocycles. The van der Waals surface area contributed by atoms with Crippen LogP contribution >= 0.6 is 0 Å². The summed E-state index contributed by atoms with van der Waals surface area (Å²) in [6.45, 7) is 10.6. The van der Waals surface area contributed by atoms with Crippen molar-refractivity contribution in [2.45, 2.75) is 37.5 Å². The number of hydrogen-bond acceptors (Lipinski definition) is 3. The van der Waals surface area contributed by atoms with E-state index in [2.05, 4.69) is 14.6 Å². The standard InChI is InChI=1S/C19H17F3N4O2S/c1-4-26-17-10-13(19(20,21)22)8-9-16(17)24-18(26)12(2)25-29(27,28)15-7-5-6-14(11-15)23-3/h5-12,25H,4H2,1-2H3/t12-/m1/s1. The Hall–Kier alpha value is -2.90. The highest BCUT2D eigenvalue weighted by Crippen LogP contribution is 2.32. The SMILES string of the molecule is [C-]#[N+]c1cccc(S(=O)(=O)N[C@H](C)c2nc3ccc(C(F)(F)F)cc3n2CC)c1. The lowest BCUT2D eigenvalue weighted by Gasteiger charge is -2.16. The molecule has 2 aromatic carbocycles. The number of imidazole rings is 1. The van der Waals surface area contributed by atoms with Gasteiger partial charge >= 0.3 is 6.18 Å². The van der Waals surface area contributed by atoms with E-state index >= 15 is 0 Å². The van der Waals surface area contributed by atoms with Crippen LogP contribution in [-0.4, -0.2) is 18.0 Å². The fraction of sp³-hybridized carbons (Fsp3) is 0.263. The van der Waals surface area contributed by atoms with Crippen molar-refractivity contribution >= 4 is 26.7 Å². The lowest BCUT2D eigenvalue weighted by Crippen LogP contribution is -2.28. The molecular weight excluding hydrogens is 405 g/mol. The molecule has 0 unspecified atom stereocenters. The van der Waals surface area contributed by atoms with Crippen LogP contribution in [0.3, 0.4) is 0 Å². The van der Waals surface area contributed by atoms with Crippen LogP contribution in [0.25, 0.3) is 15.9 Å². The first kappa shape index (κ1) is 20.8. The monoisotopic (exact) mass is 422 g/mol. The third kappa shape index (κ3) is 4.11. The predicted octanol–water partition coefficient (Wildman–Crippen LogP) is 4.67. The fourth-order valence-corrected chi connectivity index (χ4v) is 4.29. The molecule has 0 spiro atoms. The van der Waals surface area contributed by atoms with Crippen LogP contribution in [-0.2, 0) is 22.7 Å². The van der Waals surface area contributed by atoms with Crippen molar-refractivity contribution in [1.29, 1.82) is 0 Å². The second kappa shape index (κ2) is 7.50. The molecule has 3 rings (SSSR count). The Balaban J connectivity index is 2.00. The van der Waals surface area contributed by atoms with Crippen LogP contribution in [0.4, 0.5) is 18.9 Å². The van der Waals surface area contributed by atoms with Crippen molar-refractivity contribution in [1.82, 2.24) is 14.3 Å². The van der Waals surface area contributed by atoms with Gasteiger partial charge in [0.1, 0.15) is 5.82 Å². The normalized spacial score (nSPS) is 13.4. The summed E-state index contributed by atoms with van der Waals surface area (Å²) in [4.78, 5) is 7.48. The van der Waals surface area contributed by atoms with Gasteiger partial charge in [-0.05, 0) is 44.2 Å². The van der Waals surface area contributed by atoms with Gasteiger partial charge in [0, 0.05) is 6.54 Å². The third-order valence-corrected chi connectivity index (χ3v) is 5.94. The van der Waals surface area contributed by atoms with E-state index in [0.29, 0.717) is 17.9 Å². The molecule has 0 amide bonds. The summed E-state index contributed by atoms with van der Waals surface area (Å²) in [7, 11) is -3.96. The number of halogens is 3. The molecule has 0 aliphatic heterocycles. The van der Waals surface area contributed by atoms with Gasteiger partial charge in [-0.2, -0.15) is 13.2 Å². The first-order chi connectivity index (χ1) is 13.6. The predicted molar refractivity (Wildman–Crippen MR) is 102 cm³/mol. The lowest BCUT2D eigenvalue weighted by atomic mass is 10.2. The van der Waals surface area contributed by atoms with E-state index in [4.69, 9.17) is 6.57 Å². The Labute approximate surface area is 165 Å². The maximum Gasteiger partial charge on any atom is 0.416 e. The van der Waals surface area contributed by atoms with E-state index in [1.54, 1.807) is 18.4 Å². The number of fused-ring (bicyclic) bond motifs is 1. The van der Waals surface area contributed by atoms with E-state index in [-0.39, 0.29) is 16.1 Å². The molecule has 0 saturated heterocycles. The Morgan fingerprint density at radius 3 is 2.59 bits per heavy atom. The maximum atomic E-state index is 13.0. The van der Waals surface area contributed by atoms with E-state index in [9.17, 15) is 21.6 Å². The summed E-state index contributed by atoms with van der Waals surface area (Å²) in [5, 5.41) is 0. The summed E-state index contributed by atoms with van der Waals surface area (Å²) in [6.07, 6.45) is -4.49. The highest BCUT2D eigenvalue weighted by Gasteiger charge is 2.31. The largest absolute Gasteiger partial charge is 0.416 e. The summed E-state index contributed by atoms with van der Waals surface area (Å²) in [5.74, 6) is 0.298. The molecule has 0 bridgehead atoms. The number of rotatable bonds is 5. The van der Waals surface area contributed by atoms with Gasteiger partial charge in [-0.3, -0.25) is 0 Å². The first-order valence-electron chi connectivity index (χ1n) is 8.64. The molecule has 1 aromatic heterocycles. The van der Waals surface area contributed by atoms with Crippen molar-refractivity contribution in [3.63, 3.8) is 0 Å². The van der Waals surface area contributed by atoms with Crippen molar-refractivity contribution in [2.75, 3.05) is 0 Å². The average molecular weight is 422 g/mol. The van der Waals surface area contributed by atoms with Crippen molar-refractivity contribution in [3.05, 3.63) is 65.3 Å². The summed E-state index contributed by atoms with van der Waals surface area (Å²) < 4.78 is 68.5. The number of aryl methyl sites for hydroxylation is 1. The van der Waals surface area contributed by atoms with Gasteiger partial charge in [-0.1, -0.05) is 12.1 Å². The second-order valence-electron chi connectivity index (χ2n) is 6.37. The van der Waals surface area contributed by atoms with Crippen molar-refractivity contribution in [3.8, 4) is 0 Å². The number of aromatic nitrogens is 2. The molecule has 10 heteroatoms. The quantitative estimate of drug-likeness (QED) is 0.608. The zero-order valence-corrected chi connectivity index (χ0v) is 16.3. The van der Waals surface area contributed by atoms with Crippen LogP contribution in [0.1, 0.15) is 31.3 Å². The van der Waals surface area contributed by atoms with Crippen molar-refractivity contribution < 1.29 is 21.6 Å². The summed E-state index contributed by atoms with van der Waals surface area (Å²) in [5.41, 5.74) is 0.00521. The molecule has 152 valence electrons. The van der Waals surface area contributed by atoms with Gasteiger partial charge < -0.3 is 4.57 Å². The number of nitrogens with one attached hydrogen (secondary N) is 1. The molecule has 6 nitrogen and oxygen atoms in total. The van der Waals surface area contributed by atoms with E-state index in [1.807, 2.05) is 0 Å². The van der Waals surface area contributed by atoms with Crippen molar-refractivity contribution in [2.24, 2.45) is 0 Å². The number of sulfonamides is 1. The topological polar surface area (TPSA) is 68.3 Å². The molecule has 1 atom stereocenters. The number of nitrogens with zero attached hydrogens (tertiary/aromatic N) is 3. The van der Waals surface area contributed by atoms with Crippen LogP contribution in [0.15, 0.2) is 47.4 Å². The molecular formula is C19H17F3N4O2S. The van der Waals surface area contributed by atoms with Gasteiger partial charge in [0.2, 0.25) is 10.0 Å². The van der Waals surface area contributed by atoms with Crippen LogP contribution in [0.5, 0.6) is 0 Å². The van der Waals surface area contributed by atoms with Crippen LogP contribution in [0.2, 0.25) is 0 Å². The minimum atomic E-state index is -4.49. The Kier molecular flexibility index (Phi) is 5.38. The molecule has 1 N–H and O–H groups in total. The molecule has 3 aromatic rings. The number of alkyl halides is 3. The van der Waals surface area contributed by atoms with E-state index in [1.165, 1.54) is 30.3 Å². The van der Waals surface area contributed by atoms with Crippen LogP contribution in [0, 0.1) is 6.57 Å². The maximum absolute atomic E-state index is 13.0. The van der Waals surface area contributed by atoms with Gasteiger partial charge in [0.15, 0.2) is 5.69 Å². The van der Waals surface area contributed by atoms with Gasteiger partial charge in [-0.15, -0.1) is 0 Å². The average Bonchev–Trinajstić information content (AvgIpc) is 3.05.